The quantitative estimate of drug-likeness (QED) is 0.803. The van der Waals surface area contributed by atoms with Gasteiger partial charge in [0.05, 0.1) is 17.3 Å². The zero-order valence-corrected chi connectivity index (χ0v) is 14.6. The van der Waals surface area contributed by atoms with Gasteiger partial charge in [-0.05, 0) is 40.5 Å². The Morgan fingerprint density at radius 2 is 2.05 bits per heavy atom. The van der Waals surface area contributed by atoms with Crippen LogP contribution in [0.15, 0.2) is 22.7 Å². The number of nitrogens with one attached hydrogen (secondary N) is 1. The highest BCUT2D eigenvalue weighted by molar-refractivity contribution is 9.10. The number of benzene rings is 1. The van der Waals surface area contributed by atoms with Crippen LogP contribution in [-0.4, -0.2) is 46.2 Å². The topological polar surface area (TPSA) is 58.6 Å². The van der Waals surface area contributed by atoms with E-state index in [1.165, 1.54) is 4.31 Å². The van der Waals surface area contributed by atoms with Gasteiger partial charge in [-0.15, -0.1) is 0 Å². The van der Waals surface area contributed by atoms with Gasteiger partial charge in [0.1, 0.15) is 5.75 Å². The van der Waals surface area contributed by atoms with Gasteiger partial charge in [0, 0.05) is 26.7 Å². The van der Waals surface area contributed by atoms with Crippen LogP contribution >= 0.6 is 15.9 Å². The fourth-order valence-electron chi connectivity index (χ4n) is 1.66. The summed E-state index contributed by atoms with van der Waals surface area (Å²) in [6, 6.07) is 5.88. The molecule has 0 spiro atoms. The number of ether oxygens (including phenoxy) is 1. The lowest BCUT2D eigenvalue weighted by molar-refractivity contribution is 0.411. The zero-order valence-electron chi connectivity index (χ0n) is 12.2. The van der Waals surface area contributed by atoms with Crippen LogP contribution in [0.2, 0.25) is 0 Å². The number of rotatable bonds is 7. The average Bonchev–Trinajstić information content (AvgIpc) is 2.38. The first kappa shape index (κ1) is 17.4. The largest absolute Gasteiger partial charge is 0.496 e. The van der Waals surface area contributed by atoms with Crippen LogP contribution in [0.3, 0.4) is 0 Å². The molecule has 1 rings (SSSR count). The molecular weight excluding hydrogens is 344 g/mol. The Balaban J connectivity index is 2.60. The van der Waals surface area contributed by atoms with Crippen LogP contribution in [0.25, 0.3) is 0 Å². The molecule has 1 aromatic carbocycles. The van der Waals surface area contributed by atoms with Gasteiger partial charge in [-0.2, -0.15) is 0 Å². The van der Waals surface area contributed by atoms with E-state index in [1.54, 1.807) is 21.2 Å². The van der Waals surface area contributed by atoms with Crippen LogP contribution in [0.4, 0.5) is 0 Å². The minimum Gasteiger partial charge on any atom is -0.496 e. The normalized spacial score (nSPS) is 13.5. The Bertz CT molecular complexity index is 547. The second-order valence-electron chi connectivity index (χ2n) is 4.67. The van der Waals surface area contributed by atoms with Crippen LogP contribution in [0.1, 0.15) is 18.5 Å². The minimum absolute atomic E-state index is 0.0644. The lowest BCUT2D eigenvalue weighted by Crippen LogP contribution is -2.32. The lowest BCUT2D eigenvalue weighted by Gasteiger charge is -2.17. The Hall–Kier alpha value is -0.630. The maximum atomic E-state index is 11.6. The summed E-state index contributed by atoms with van der Waals surface area (Å²) in [5.74, 6) is 0.859. The van der Waals surface area contributed by atoms with E-state index in [4.69, 9.17) is 4.74 Å². The number of methoxy groups -OCH3 is 1. The predicted molar refractivity (Wildman–Crippen MR) is 84.6 cm³/mol. The van der Waals surface area contributed by atoms with Crippen molar-refractivity contribution in [2.45, 2.75) is 13.0 Å². The number of sulfonamides is 1. The zero-order chi connectivity index (χ0) is 15.3. The molecule has 5 nitrogen and oxygen atoms in total. The van der Waals surface area contributed by atoms with Gasteiger partial charge in [0.25, 0.3) is 0 Å². The fraction of sp³-hybridized carbons (Fsp3) is 0.538. The first-order chi connectivity index (χ1) is 9.27. The van der Waals surface area contributed by atoms with Crippen molar-refractivity contribution in [1.82, 2.24) is 9.62 Å². The molecule has 0 aliphatic carbocycles. The molecule has 0 bridgehead atoms. The summed E-state index contributed by atoms with van der Waals surface area (Å²) in [7, 11) is 1.55. The monoisotopic (exact) mass is 364 g/mol. The van der Waals surface area contributed by atoms with Crippen LogP contribution in [0, 0.1) is 0 Å². The highest BCUT2D eigenvalue weighted by atomic mass is 79.9. The molecular formula is C13H21BrN2O3S. The molecule has 0 fully saturated rings. The molecule has 0 heterocycles. The van der Waals surface area contributed by atoms with E-state index in [0.717, 1.165) is 15.8 Å². The second-order valence-corrected chi connectivity index (χ2v) is 7.82. The molecule has 0 radical (unpaired) electrons. The average molecular weight is 365 g/mol. The van der Waals surface area contributed by atoms with Crippen LogP contribution < -0.4 is 10.1 Å². The van der Waals surface area contributed by atoms with Gasteiger partial charge < -0.3 is 10.1 Å². The number of nitrogens with zero attached hydrogens (tertiary/aromatic N) is 1. The molecule has 114 valence electrons. The Morgan fingerprint density at radius 3 is 2.55 bits per heavy atom. The first-order valence-electron chi connectivity index (χ1n) is 6.25. The third kappa shape index (κ3) is 4.73. The number of hydrogen-bond acceptors (Lipinski definition) is 4. The second kappa shape index (κ2) is 7.40. The molecule has 0 saturated heterocycles. The van der Waals surface area contributed by atoms with Crippen LogP contribution in [0.5, 0.6) is 5.75 Å². The van der Waals surface area contributed by atoms with Crippen molar-refractivity contribution in [2.24, 2.45) is 0 Å². The molecule has 1 N–H and O–H groups in total. The van der Waals surface area contributed by atoms with Crippen molar-refractivity contribution in [2.75, 3.05) is 33.5 Å². The summed E-state index contributed by atoms with van der Waals surface area (Å²) in [6.07, 6.45) is 0. The van der Waals surface area contributed by atoms with Crippen molar-refractivity contribution in [3.8, 4) is 5.75 Å². The lowest BCUT2D eigenvalue weighted by atomic mass is 10.1. The van der Waals surface area contributed by atoms with Gasteiger partial charge in [-0.1, -0.05) is 6.07 Å². The molecule has 20 heavy (non-hydrogen) atoms. The summed E-state index contributed by atoms with van der Waals surface area (Å²) < 4.78 is 30.6. The molecule has 1 unspecified atom stereocenters. The smallest absolute Gasteiger partial charge is 0.214 e. The summed E-state index contributed by atoms with van der Waals surface area (Å²) >= 11 is 3.44. The van der Waals surface area contributed by atoms with Crippen molar-refractivity contribution in [3.05, 3.63) is 28.2 Å². The van der Waals surface area contributed by atoms with E-state index < -0.39 is 10.0 Å². The highest BCUT2D eigenvalue weighted by Crippen LogP contribution is 2.27. The fourth-order valence-corrected chi connectivity index (χ4v) is 2.96. The van der Waals surface area contributed by atoms with Gasteiger partial charge >= 0.3 is 0 Å². The molecule has 1 atom stereocenters. The van der Waals surface area contributed by atoms with E-state index in [-0.39, 0.29) is 11.8 Å². The number of hydrogen-bond donors (Lipinski definition) is 1. The van der Waals surface area contributed by atoms with Gasteiger partial charge in [0.2, 0.25) is 10.0 Å². The van der Waals surface area contributed by atoms with E-state index in [1.807, 2.05) is 25.1 Å². The Morgan fingerprint density at radius 1 is 1.40 bits per heavy atom. The van der Waals surface area contributed by atoms with Gasteiger partial charge in [0.15, 0.2) is 0 Å². The molecule has 0 aromatic heterocycles. The third-order valence-corrected chi connectivity index (χ3v) is 5.50. The molecule has 0 aliphatic heterocycles. The van der Waals surface area contributed by atoms with Gasteiger partial charge in [-0.3, -0.25) is 0 Å². The summed E-state index contributed by atoms with van der Waals surface area (Å²) in [5.41, 5.74) is 1.07. The standard InChI is InChI=1S/C13H21BrN2O3S/c1-10(15-7-8-20(17,18)16(2)3)11-5-6-13(19-4)12(14)9-11/h5-6,9-10,15H,7-8H2,1-4H3. The van der Waals surface area contributed by atoms with E-state index >= 15 is 0 Å². The van der Waals surface area contributed by atoms with E-state index in [2.05, 4.69) is 21.2 Å². The Kier molecular flexibility index (Phi) is 6.44. The Labute approximate surface area is 129 Å². The first-order valence-corrected chi connectivity index (χ1v) is 8.65. The number of halogens is 1. The highest BCUT2D eigenvalue weighted by Gasteiger charge is 2.14. The summed E-state index contributed by atoms with van der Waals surface area (Å²) in [5, 5.41) is 3.21. The van der Waals surface area contributed by atoms with E-state index in [0.29, 0.717) is 6.54 Å². The van der Waals surface area contributed by atoms with Crippen LogP contribution in [-0.2, 0) is 10.0 Å². The predicted octanol–water partition coefficient (Wildman–Crippen LogP) is 2.00. The van der Waals surface area contributed by atoms with Crippen molar-refractivity contribution < 1.29 is 13.2 Å². The van der Waals surface area contributed by atoms with Gasteiger partial charge in [-0.25, -0.2) is 12.7 Å². The molecule has 7 heteroatoms. The maximum Gasteiger partial charge on any atom is 0.214 e. The summed E-state index contributed by atoms with van der Waals surface area (Å²) in [6.45, 7) is 2.40. The molecule has 0 aliphatic rings. The van der Waals surface area contributed by atoms with Crippen molar-refractivity contribution in [3.63, 3.8) is 0 Å². The van der Waals surface area contributed by atoms with Crippen molar-refractivity contribution >= 4 is 26.0 Å². The third-order valence-electron chi connectivity index (χ3n) is 3.04. The minimum atomic E-state index is -3.15. The SMILES string of the molecule is COc1ccc(C(C)NCCS(=O)(=O)N(C)C)cc1Br. The molecule has 1 aromatic rings. The van der Waals surface area contributed by atoms with Crippen molar-refractivity contribution in [1.29, 1.82) is 0 Å². The molecule has 0 saturated carbocycles. The van der Waals surface area contributed by atoms with E-state index in [9.17, 15) is 8.42 Å². The maximum absolute atomic E-state index is 11.6. The molecule has 0 amide bonds. The summed E-state index contributed by atoms with van der Waals surface area (Å²) in [4.78, 5) is 0.